The van der Waals surface area contributed by atoms with Crippen LogP contribution >= 0.6 is 15.9 Å². The number of nitrogens with one attached hydrogen (secondary N) is 1. The van der Waals surface area contributed by atoms with Crippen molar-refractivity contribution in [1.29, 1.82) is 0 Å². The monoisotopic (exact) mass is 492 g/mol. The lowest BCUT2D eigenvalue weighted by molar-refractivity contribution is -0.142. The number of hydrogen-bond donors (Lipinski definition) is 1. The highest BCUT2D eigenvalue weighted by Crippen LogP contribution is 2.65. The van der Waals surface area contributed by atoms with Crippen LogP contribution in [-0.2, 0) is 14.4 Å². The summed E-state index contributed by atoms with van der Waals surface area (Å²) in [6, 6.07) is 14.5. The summed E-state index contributed by atoms with van der Waals surface area (Å²) in [5.41, 5.74) is 0.581. The molecule has 0 radical (unpaired) electrons. The van der Waals surface area contributed by atoms with E-state index < -0.39 is 0 Å². The summed E-state index contributed by atoms with van der Waals surface area (Å²) in [6.45, 7) is -0.239. The summed E-state index contributed by atoms with van der Waals surface area (Å²) in [6.07, 6.45) is 5.39. The average molecular weight is 493 g/mol. The molecule has 2 saturated carbocycles. The molecule has 6 atom stereocenters. The van der Waals surface area contributed by atoms with Crippen molar-refractivity contribution in [3.8, 4) is 11.5 Å². The fraction of sp³-hybridized carbons (Fsp3) is 0.320. The number of carbonyl (C=O) groups is 3. The first-order valence-corrected chi connectivity index (χ1v) is 11.7. The second-order valence-electron chi connectivity index (χ2n) is 9.05. The van der Waals surface area contributed by atoms with Crippen LogP contribution in [0.4, 0.5) is 5.69 Å². The number of nitrogens with zero attached hydrogens (tertiary/aromatic N) is 1. The number of hydrogen-bond acceptors (Lipinski definition) is 4. The van der Waals surface area contributed by atoms with Crippen LogP contribution in [0.15, 0.2) is 65.2 Å². The van der Waals surface area contributed by atoms with E-state index in [0.717, 1.165) is 10.9 Å². The molecule has 6 nitrogen and oxygen atoms in total. The predicted molar refractivity (Wildman–Crippen MR) is 121 cm³/mol. The number of allylic oxidation sites excluding steroid dienone is 2. The summed E-state index contributed by atoms with van der Waals surface area (Å²) < 4.78 is 6.75. The Bertz CT molecular complexity index is 1110. The van der Waals surface area contributed by atoms with Gasteiger partial charge in [-0.15, -0.1) is 0 Å². The van der Waals surface area contributed by atoms with E-state index in [-0.39, 0.29) is 47.9 Å². The van der Waals surface area contributed by atoms with Gasteiger partial charge in [-0.3, -0.25) is 19.3 Å². The first-order valence-electron chi connectivity index (χ1n) is 10.9. The van der Waals surface area contributed by atoms with Crippen molar-refractivity contribution in [2.75, 3.05) is 11.9 Å². The number of benzene rings is 2. The summed E-state index contributed by atoms with van der Waals surface area (Å²) in [7, 11) is 0. The van der Waals surface area contributed by atoms with Gasteiger partial charge >= 0.3 is 0 Å². The van der Waals surface area contributed by atoms with Crippen LogP contribution in [0.1, 0.15) is 6.42 Å². The second-order valence-corrected chi connectivity index (χ2v) is 9.96. The van der Waals surface area contributed by atoms with E-state index in [0.29, 0.717) is 29.0 Å². The molecule has 1 N–H and O–H groups in total. The topological polar surface area (TPSA) is 75.7 Å². The van der Waals surface area contributed by atoms with E-state index in [1.807, 2.05) is 24.3 Å². The summed E-state index contributed by atoms with van der Waals surface area (Å²) in [5.74, 6) is 1.49. The number of amides is 3. The van der Waals surface area contributed by atoms with Crippen LogP contribution in [0.2, 0.25) is 0 Å². The molecule has 5 aliphatic rings. The number of rotatable bonds is 5. The van der Waals surface area contributed by atoms with Crippen LogP contribution in [0.5, 0.6) is 11.5 Å². The maximum Gasteiger partial charge on any atom is 0.244 e. The van der Waals surface area contributed by atoms with Gasteiger partial charge in [-0.25, -0.2) is 0 Å². The molecule has 3 fully saturated rings. The standard InChI is InChI=1S/C25H21BrN2O4/c26-13-1-5-15(6-2-13)32-16-7-3-14(4-8-16)27-21(29)12-28-24(30)22-17-9-10-18(20-11-19(17)20)23(22)25(28)31/h1-10,17-20,22-23H,11-12H2,(H,27,29)/t17-,18-,19-,20+,22-,23-/m1/s1. The Morgan fingerprint density at radius 1 is 0.906 bits per heavy atom. The molecule has 3 amide bonds. The minimum Gasteiger partial charge on any atom is -0.457 e. The number of halogens is 1. The lowest BCUT2D eigenvalue weighted by atomic mass is 9.63. The zero-order chi connectivity index (χ0) is 22.0. The largest absolute Gasteiger partial charge is 0.457 e. The SMILES string of the molecule is O=C(CN1C(=O)[C@@H]2[C@@H]3C=C[C@H]([C@@H]4C[C@H]34)[C@H]2C1=O)Nc1ccc(Oc2ccc(Br)cc2)cc1. The maximum absolute atomic E-state index is 13.0. The van der Waals surface area contributed by atoms with Crippen molar-refractivity contribution in [3.05, 3.63) is 65.2 Å². The van der Waals surface area contributed by atoms with Crippen molar-refractivity contribution in [3.63, 3.8) is 0 Å². The number of imide groups is 1. The molecule has 162 valence electrons. The zero-order valence-corrected chi connectivity index (χ0v) is 18.7. The van der Waals surface area contributed by atoms with Crippen molar-refractivity contribution in [1.82, 2.24) is 4.90 Å². The Morgan fingerprint density at radius 2 is 1.44 bits per heavy atom. The molecule has 32 heavy (non-hydrogen) atoms. The van der Waals surface area contributed by atoms with Gasteiger partial charge in [-0.2, -0.15) is 0 Å². The maximum atomic E-state index is 13.0. The summed E-state index contributed by atoms with van der Waals surface area (Å²) in [4.78, 5) is 39.8. The lowest BCUT2D eigenvalue weighted by Gasteiger charge is -2.37. The molecule has 0 aromatic heterocycles. The first kappa shape index (κ1) is 19.7. The van der Waals surface area contributed by atoms with Crippen molar-refractivity contribution in [2.24, 2.45) is 35.5 Å². The van der Waals surface area contributed by atoms with Crippen LogP contribution in [-0.4, -0.2) is 29.2 Å². The van der Waals surface area contributed by atoms with Crippen LogP contribution in [0.25, 0.3) is 0 Å². The third-order valence-electron chi connectivity index (χ3n) is 7.24. The lowest BCUT2D eigenvalue weighted by Crippen LogP contribution is -2.40. The Labute approximate surface area is 193 Å². The van der Waals surface area contributed by atoms with Gasteiger partial charge in [0.1, 0.15) is 18.0 Å². The fourth-order valence-corrected chi connectivity index (χ4v) is 6.03. The molecule has 0 spiro atoms. The Hall–Kier alpha value is -2.93. The van der Waals surface area contributed by atoms with E-state index in [2.05, 4.69) is 33.4 Å². The van der Waals surface area contributed by atoms with Gasteiger partial charge in [-0.05, 0) is 78.6 Å². The van der Waals surface area contributed by atoms with E-state index in [4.69, 9.17) is 4.74 Å². The van der Waals surface area contributed by atoms with E-state index in [1.165, 1.54) is 4.90 Å². The van der Waals surface area contributed by atoms with Gasteiger partial charge in [0, 0.05) is 10.2 Å². The van der Waals surface area contributed by atoms with E-state index >= 15 is 0 Å². The highest BCUT2D eigenvalue weighted by Gasteiger charge is 2.67. The molecule has 1 heterocycles. The van der Waals surface area contributed by atoms with Crippen LogP contribution in [0, 0.1) is 35.5 Å². The van der Waals surface area contributed by atoms with Gasteiger partial charge in [0.05, 0.1) is 11.8 Å². The second kappa shape index (κ2) is 7.30. The average Bonchev–Trinajstić information content (AvgIpc) is 3.58. The number of anilines is 1. The highest BCUT2D eigenvalue weighted by molar-refractivity contribution is 9.10. The smallest absolute Gasteiger partial charge is 0.244 e. The molecule has 2 aromatic carbocycles. The highest BCUT2D eigenvalue weighted by atomic mass is 79.9. The fourth-order valence-electron chi connectivity index (χ4n) is 5.76. The zero-order valence-electron chi connectivity index (χ0n) is 17.1. The van der Waals surface area contributed by atoms with Crippen molar-refractivity contribution in [2.45, 2.75) is 6.42 Å². The van der Waals surface area contributed by atoms with Crippen LogP contribution in [0.3, 0.4) is 0 Å². The minimum absolute atomic E-state index is 0.165. The van der Waals surface area contributed by atoms with Gasteiger partial charge in [0.2, 0.25) is 17.7 Å². The number of likely N-dealkylation sites (tertiary alicyclic amines) is 1. The summed E-state index contributed by atoms with van der Waals surface area (Å²) in [5, 5.41) is 2.78. The third kappa shape index (κ3) is 3.18. The number of ether oxygens (including phenoxy) is 1. The number of carbonyl (C=O) groups excluding carboxylic acids is 3. The van der Waals surface area contributed by atoms with E-state index in [9.17, 15) is 14.4 Å². The van der Waals surface area contributed by atoms with Gasteiger partial charge in [-0.1, -0.05) is 28.1 Å². The quantitative estimate of drug-likeness (QED) is 0.500. The Kier molecular flexibility index (Phi) is 4.50. The van der Waals surface area contributed by atoms with Gasteiger partial charge < -0.3 is 10.1 Å². The van der Waals surface area contributed by atoms with E-state index in [1.54, 1.807) is 24.3 Å². The van der Waals surface area contributed by atoms with Gasteiger partial charge in [0.15, 0.2) is 0 Å². The van der Waals surface area contributed by atoms with Crippen LogP contribution < -0.4 is 10.1 Å². The van der Waals surface area contributed by atoms with Crippen molar-refractivity contribution >= 4 is 39.3 Å². The summed E-state index contributed by atoms with van der Waals surface area (Å²) >= 11 is 3.39. The van der Waals surface area contributed by atoms with Gasteiger partial charge in [0.25, 0.3) is 0 Å². The molecule has 0 unspecified atom stereocenters. The van der Waals surface area contributed by atoms with Crippen molar-refractivity contribution < 1.29 is 19.1 Å². The third-order valence-corrected chi connectivity index (χ3v) is 7.77. The molecule has 2 bridgehead atoms. The molecule has 2 aromatic rings. The molecule has 4 aliphatic carbocycles. The Balaban J connectivity index is 1.09. The Morgan fingerprint density at radius 3 is 2.00 bits per heavy atom. The minimum atomic E-state index is -0.377. The first-order chi connectivity index (χ1) is 15.5. The molecule has 7 rings (SSSR count). The molecule has 7 heteroatoms. The normalized spacial score (nSPS) is 31.3. The molecular weight excluding hydrogens is 472 g/mol. The predicted octanol–water partition coefficient (Wildman–Crippen LogP) is 4.23. The molecule has 1 saturated heterocycles. The molecular formula is C25H21BrN2O4. The molecule has 1 aliphatic heterocycles.